The number of nitrogen functional groups attached to an aromatic ring is 1. The van der Waals surface area contributed by atoms with Crippen molar-refractivity contribution < 1.29 is 18.0 Å². The fourth-order valence-electron chi connectivity index (χ4n) is 1.79. The first-order valence-corrected chi connectivity index (χ1v) is 6.14. The number of halogens is 3. The van der Waals surface area contributed by atoms with E-state index in [9.17, 15) is 18.0 Å². The van der Waals surface area contributed by atoms with Crippen LogP contribution >= 0.6 is 0 Å². The summed E-state index contributed by atoms with van der Waals surface area (Å²) < 4.78 is 37.8. The number of aryl methyl sites for hydroxylation is 1. The van der Waals surface area contributed by atoms with E-state index < -0.39 is 17.6 Å². The van der Waals surface area contributed by atoms with E-state index >= 15 is 0 Å². The lowest BCUT2D eigenvalue weighted by molar-refractivity contribution is -0.137. The second-order valence-electron chi connectivity index (χ2n) is 4.35. The molecule has 4 N–H and O–H groups in total. The van der Waals surface area contributed by atoms with E-state index in [4.69, 9.17) is 5.73 Å². The molecule has 2 aromatic rings. The van der Waals surface area contributed by atoms with Gasteiger partial charge in [0.25, 0.3) is 5.91 Å². The van der Waals surface area contributed by atoms with Crippen LogP contribution in [0.1, 0.15) is 28.7 Å². The highest BCUT2D eigenvalue weighted by atomic mass is 19.4. The van der Waals surface area contributed by atoms with Crippen LogP contribution in [0.3, 0.4) is 0 Å². The fourth-order valence-corrected chi connectivity index (χ4v) is 1.79. The van der Waals surface area contributed by atoms with E-state index in [-0.39, 0.29) is 17.1 Å². The monoisotopic (exact) mass is 298 g/mol. The molecule has 1 aromatic carbocycles. The highest BCUT2D eigenvalue weighted by Crippen LogP contribution is 2.30. The maximum Gasteiger partial charge on any atom is 0.416 e. The second kappa shape index (κ2) is 5.47. The molecule has 0 aliphatic carbocycles. The largest absolute Gasteiger partial charge is 0.416 e. The van der Waals surface area contributed by atoms with Crippen LogP contribution in [0.4, 0.5) is 24.5 Å². The highest BCUT2D eigenvalue weighted by Gasteiger charge is 2.30. The maximum atomic E-state index is 12.6. The van der Waals surface area contributed by atoms with Gasteiger partial charge in [-0.2, -0.15) is 18.3 Å². The van der Waals surface area contributed by atoms with E-state index in [2.05, 4.69) is 15.5 Å². The number of nitrogens with two attached hydrogens (primary N) is 1. The molecular weight excluding hydrogens is 285 g/mol. The average molecular weight is 298 g/mol. The molecule has 0 unspecified atom stereocenters. The first kappa shape index (κ1) is 14.9. The van der Waals surface area contributed by atoms with Gasteiger partial charge in [0.1, 0.15) is 0 Å². The van der Waals surface area contributed by atoms with Crippen LogP contribution < -0.4 is 11.1 Å². The summed E-state index contributed by atoms with van der Waals surface area (Å²) in [6.45, 7) is 1.83. The quantitative estimate of drug-likeness (QED) is 0.814. The summed E-state index contributed by atoms with van der Waals surface area (Å²) in [4.78, 5) is 12.0. The van der Waals surface area contributed by atoms with E-state index in [0.29, 0.717) is 12.1 Å². The second-order valence-corrected chi connectivity index (χ2v) is 4.35. The van der Waals surface area contributed by atoms with Crippen molar-refractivity contribution in [1.82, 2.24) is 10.2 Å². The number of nitrogens with zero attached hydrogens (tertiary/aromatic N) is 1. The van der Waals surface area contributed by atoms with Crippen LogP contribution in [0.25, 0.3) is 0 Å². The number of aromatic amines is 1. The number of rotatable bonds is 3. The number of benzene rings is 1. The van der Waals surface area contributed by atoms with Crippen molar-refractivity contribution in [2.24, 2.45) is 0 Å². The molecule has 1 heterocycles. The van der Waals surface area contributed by atoms with Gasteiger partial charge in [-0.3, -0.25) is 9.89 Å². The van der Waals surface area contributed by atoms with Gasteiger partial charge < -0.3 is 11.1 Å². The zero-order chi connectivity index (χ0) is 15.6. The number of carbonyl (C=O) groups excluding carboxylic acids is 1. The SMILES string of the molecule is CCc1[nH]nc(C(=O)Nc2cccc(C(F)(F)F)c2)c1N. The van der Waals surface area contributed by atoms with E-state index in [1.807, 2.05) is 6.92 Å². The standard InChI is InChI=1S/C13H13F3N4O/c1-2-9-10(17)11(20-19-9)12(21)18-8-5-3-4-7(6-8)13(14,15)16/h3-6H,2,17H2,1H3,(H,18,21)(H,19,20). The Hall–Kier alpha value is -2.51. The third kappa shape index (κ3) is 3.15. The van der Waals surface area contributed by atoms with Gasteiger partial charge in [-0.25, -0.2) is 0 Å². The first-order valence-electron chi connectivity index (χ1n) is 6.14. The first-order chi connectivity index (χ1) is 9.82. The molecule has 2 rings (SSSR count). The van der Waals surface area contributed by atoms with Crippen LogP contribution in [0.15, 0.2) is 24.3 Å². The van der Waals surface area contributed by atoms with Crippen LogP contribution in [-0.2, 0) is 12.6 Å². The Balaban J connectivity index is 2.22. The van der Waals surface area contributed by atoms with Crippen LogP contribution in [0, 0.1) is 0 Å². The smallest absolute Gasteiger partial charge is 0.395 e. The van der Waals surface area contributed by atoms with E-state index in [1.165, 1.54) is 12.1 Å². The summed E-state index contributed by atoms with van der Waals surface area (Å²) >= 11 is 0. The van der Waals surface area contributed by atoms with Crippen molar-refractivity contribution in [1.29, 1.82) is 0 Å². The predicted octanol–water partition coefficient (Wildman–Crippen LogP) is 2.83. The molecule has 21 heavy (non-hydrogen) atoms. The molecule has 0 aliphatic rings. The number of nitrogens with one attached hydrogen (secondary N) is 2. The van der Waals surface area contributed by atoms with Gasteiger partial charge in [-0.05, 0) is 24.6 Å². The van der Waals surface area contributed by atoms with Gasteiger partial charge in [0.2, 0.25) is 0 Å². The minimum absolute atomic E-state index is 0.0234. The van der Waals surface area contributed by atoms with Crippen molar-refractivity contribution in [2.45, 2.75) is 19.5 Å². The molecule has 0 fully saturated rings. The molecule has 0 spiro atoms. The lowest BCUT2D eigenvalue weighted by atomic mass is 10.2. The van der Waals surface area contributed by atoms with Gasteiger partial charge in [0.15, 0.2) is 5.69 Å². The molecule has 0 saturated heterocycles. The van der Waals surface area contributed by atoms with Crippen molar-refractivity contribution in [2.75, 3.05) is 11.1 Å². The molecule has 1 amide bonds. The molecular formula is C13H13F3N4O. The number of carbonyl (C=O) groups is 1. The minimum atomic E-state index is -4.47. The Bertz CT molecular complexity index is 664. The summed E-state index contributed by atoms with van der Waals surface area (Å²) in [5.74, 6) is -0.664. The van der Waals surface area contributed by atoms with Gasteiger partial charge >= 0.3 is 6.18 Å². The van der Waals surface area contributed by atoms with Gasteiger partial charge in [-0.15, -0.1) is 0 Å². The van der Waals surface area contributed by atoms with Crippen molar-refractivity contribution in [3.05, 3.63) is 41.2 Å². The predicted molar refractivity (Wildman–Crippen MR) is 71.8 cm³/mol. The highest BCUT2D eigenvalue weighted by molar-refractivity contribution is 6.06. The van der Waals surface area contributed by atoms with Crippen LogP contribution in [0.2, 0.25) is 0 Å². The molecule has 0 atom stereocenters. The normalized spacial score (nSPS) is 11.4. The number of amides is 1. The molecule has 0 aliphatic heterocycles. The third-order valence-corrected chi connectivity index (χ3v) is 2.90. The number of hydrogen-bond donors (Lipinski definition) is 3. The Morgan fingerprint density at radius 2 is 2.14 bits per heavy atom. The molecule has 112 valence electrons. The number of anilines is 2. The van der Waals surface area contributed by atoms with Crippen molar-refractivity contribution in [3.63, 3.8) is 0 Å². The molecule has 0 bridgehead atoms. The Morgan fingerprint density at radius 3 is 2.71 bits per heavy atom. The Kier molecular flexibility index (Phi) is 3.88. The van der Waals surface area contributed by atoms with E-state index in [1.54, 1.807) is 0 Å². The van der Waals surface area contributed by atoms with Crippen molar-refractivity contribution in [3.8, 4) is 0 Å². The number of alkyl halides is 3. The molecule has 1 aromatic heterocycles. The lowest BCUT2D eigenvalue weighted by Gasteiger charge is -2.09. The zero-order valence-corrected chi connectivity index (χ0v) is 11.1. The lowest BCUT2D eigenvalue weighted by Crippen LogP contribution is -2.15. The molecule has 0 saturated carbocycles. The third-order valence-electron chi connectivity index (χ3n) is 2.90. The Labute approximate surface area is 118 Å². The summed E-state index contributed by atoms with van der Waals surface area (Å²) in [5.41, 5.74) is 5.67. The number of hydrogen-bond acceptors (Lipinski definition) is 3. The number of aromatic nitrogens is 2. The van der Waals surface area contributed by atoms with E-state index in [0.717, 1.165) is 12.1 Å². The molecule has 0 radical (unpaired) electrons. The summed E-state index contributed by atoms with van der Waals surface area (Å²) in [7, 11) is 0. The fraction of sp³-hybridized carbons (Fsp3) is 0.231. The number of H-pyrrole nitrogens is 1. The topological polar surface area (TPSA) is 83.8 Å². The maximum absolute atomic E-state index is 12.6. The zero-order valence-electron chi connectivity index (χ0n) is 11.1. The van der Waals surface area contributed by atoms with Gasteiger partial charge in [-0.1, -0.05) is 13.0 Å². The minimum Gasteiger partial charge on any atom is -0.395 e. The summed E-state index contributed by atoms with van der Waals surface area (Å²) in [6.07, 6.45) is -3.91. The van der Waals surface area contributed by atoms with Crippen LogP contribution in [-0.4, -0.2) is 16.1 Å². The van der Waals surface area contributed by atoms with Crippen LogP contribution in [0.5, 0.6) is 0 Å². The Morgan fingerprint density at radius 1 is 1.43 bits per heavy atom. The summed E-state index contributed by atoms with van der Waals surface area (Å²) in [5, 5.41) is 8.73. The molecule has 5 nitrogen and oxygen atoms in total. The van der Waals surface area contributed by atoms with Gasteiger partial charge in [0.05, 0.1) is 16.9 Å². The average Bonchev–Trinajstić information content (AvgIpc) is 2.79. The molecule has 8 heteroatoms. The summed E-state index contributed by atoms with van der Waals surface area (Å²) in [6, 6.07) is 4.34. The van der Waals surface area contributed by atoms with Gasteiger partial charge in [0, 0.05) is 5.69 Å². The van der Waals surface area contributed by atoms with Crippen molar-refractivity contribution >= 4 is 17.3 Å².